The first kappa shape index (κ1) is 22.7. The molecule has 0 bridgehead atoms. The molecule has 0 aromatic heterocycles. The van der Waals surface area contributed by atoms with Gasteiger partial charge in [0, 0.05) is 0 Å². The molecular weight excluding hydrogens is 403 g/mol. The number of rotatable bonds is 11. The molecule has 0 fully saturated rings. The molecule has 0 spiro atoms. The predicted molar refractivity (Wildman–Crippen MR) is 106 cm³/mol. The minimum Gasteiger partial charge on any atom is -0.750 e. The molecule has 2 aromatic carbocycles. The molecule has 0 saturated heterocycles. The van der Waals surface area contributed by atoms with Crippen molar-refractivity contribution in [1.29, 1.82) is 0 Å². The van der Waals surface area contributed by atoms with Crippen LogP contribution in [0.15, 0.2) is 48.5 Å². The molecule has 2 rings (SSSR count). The van der Waals surface area contributed by atoms with Gasteiger partial charge in [0.25, 0.3) is 0 Å². The van der Waals surface area contributed by atoms with Crippen LogP contribution >= 0.6 is 7.60 Å². The van der Waals surface area contributed by atoms with E-state index >= 15 is 0 Å². The third kappa shape index (κ3) is 7.47. The highest BCUT2D eigenvalue weighted by Gasteiger charge is 2.30. The highest BCUT2D eigenvalue weighted by atomic mass is 32.2. The van der Waals surface area contributed by atoms with Crippen molar-refractivity contribution in [3.63, 3.8) is 0 Å². The van der Waals surface area contributed by atoms with Crippen molar-refractivity contribution in [2.45, 2.75) is 44.9 Å². The van der Waals surface area contributed by atoms with Gasteiger partial charge in [0.2, 0.25) is 0 Å². The van der Waals surface area contributed by atoms with Gasteiger partial charge in [-0.15, -0.1) is 0 Å². The fraction of sp³-hybridized carbons (Fsp3) is 0.368. The normalized spacial score (nSPS) is 13.9. The summed E-state index contributed by atoms with van der Waals surface area (Å²) in [5, 5.41) is 0. The fourth-order valence-electron chi connectivity index (χ4n) is 2.81. The van der Waals surface area contributed by atoms with Gasteiger partial charge in [0.05, 0.1) is 11.4 Å². The molecule has 0 aliphatic rings. The average Bonchev–Trinajstić information content (AvgIpc) is 2.62. The molecule has 2 N–H and O–H groups in total. The van der Waals surface area contributed by atoms with Crippen LogP contribution in [0.1, 0.15) is 37.3 Å². The molecule has 0 heterocycles. The summed E-state index contributed by atoms with van der Waals surface area (Å²) in [6.07, 6.45) is 2.70. The second-order valence-electron chi connectivity index (χ2n) is 6.34. The Kier molecular flexibility index (Phi) is 8.82. The van der Waals surface area contributed by atoms with Crippen molar-refractivity contribution in [3.05, 3.63) is 59.7 Å². The first-order chi connectivity index (χ1) is 13.3. The van der Waals surface area contributed by atoms with Gasteiger partial charge in [-0.3, -0.25) is 8.75 Å². The fourth-order valence-corrected chi connectivity index (χ4v) is 4.27. The summed E-state index contributed by atoms with van der Waals surface area (Å²) in [5.41, 5.74) is 2.04. The standard InChI is InChI=1S/C19H25O7PS/c1-2-7-16-10-3-4-12-18(16)25-17-11-5-8-15(14-17)9-6-13-19(26-28(23)24)27(20,21)22/h3-5,8,10-12,14,19H,2,6-7,9,13H2,1H3,(H,23,24)(H2,20,21,22)/p-1. The predicted octanol–water partition coefficient (Wildman–Crippen LogP) is 4.07. The number of aryl methyl sites for hydroxylation is 2. The maximum Gasteiger partial charge on any atom is 0.355 e. The number of hydrogen-bond acceptors (Lipinski definition) is 5. The van der Waals surface area contributed by atoms with Crippen LogP contribution in [0.3, 0.4) is 0 Å². The molecule has 9 heteroatoms. The molecule has 154 valence electrons. The molecule has 7 nitrogen and oxygen atoms in total. The Balaban J connectivity index is 2.00. The van der Waals surface area contributed by atoms with E-state index in [1.807, 2.05) is 48.5 Å². The van der Waals surface area contributed by atoms with Crippen LogP contribution in [-0.2, 0) is 33.0 Å². The van der Waals surface area contributed by atoms with Crippen LogP contribution in [0.5, 0.6) is 11.5 Å². The van der Waals surface area contributed by atoms with E-state index in [0.29, 0.717) is 18.6 Å². The number of benzene rings is 2. The molecule has 0 amide bonds. The Morgan fingerprint density at radius 3 is 2.57 bits per heavy atom. The third-order valence-electron chi connectivity index (χ3n) is 4.10. The van der Waals surface area contributed by atoms with E-state index in [0.717, 1.165) is 29.7 Å². The van der Waals surface area contributed by atoms with Gasteiger partial charge in [0.15, 0.2) is 5.85 Å². The van der Waals surface area contributed by atoms with Crippen LogP contribution in [0.4, 0.5) is 0 Å². The Labute approximate surface area is 167 Å². The van der Waals surface area contributed by atoms with E-state index in [-0.39, 0.29) is 6.42 Å². The topological polar surface area (TPSA) is 116 Å². The van der Waals surface area contributed by atoms with Gasteiger partial charge in [-0.2, -0.15) is 0 Å². The second-order valence-corrected chi connectivity index (χ2v) is 8.70. The van der Waals surface area contributed by atoms with Crippen LogP contribution in [0.25, 0.3) is 0 Å². The van der Waals surface area contributed by atoms with Gasteiger partial charge < -0.3 is 19.1 Å². The molecule has 0 aliphatic heterocycles. The molecule has 2 atom stereocenters. The first-order valence-corrected chi connectivity index (χ1v) is 11.6. The minimum atomic E-state index is -4.66. The molecule has 0 saturated carbocycles. The lowest BCUT2D eigenvalue weighted by atomic mass is 10.1. The summed E-state index contributed by atoms with van der Waals surface area (Å²) >= 11 is -2.98. The van der Waals surface area contributed by atoms with E-state index in [4.69, 9.17) is 4.74 Å². The molecule has 28 heavy (non-hydrogen) atoms. The van der Waals surface area contributed by atoms with Crippen molar-refractivity contribution < 1.29 is 32.0 Å². The average molecular weight is 427 g/mol. The highest BCUT2D eigenvalue weighted by molar-refractivity contribution is 7.74. The van der Waals surface area contributed by atoms with Crippen LogP contribution in [0, 0.1) is 0 Å². The lowest BCUT2D eigenvalue weighted by Crippen LogP contribution is -2.15. The van der Waals surface area contributed by atoms with E-state index < -0.39 is 24.8 Å². The van der Waals surface area contributed by atoms with E-state index in [1.165, 1.54) is 0 Å². The van der Waals surface area contributed by atoms with Crippen molar-refractivity contribution in [1.82, 2.24) is 0 Å². The quantitative estimate of drug-likeness (QED) is 0.410. The van der Waals surface area contributed by atoms with Gasteiger partial charge in [0.1, 0.15) is 11.5 Å². The number of para-hydroxylation sites is 1. The largest absolute Gasteiger partial charge is 0.750 e. The van der Waals surface area contributed by atoms with Gasteiger partial charge in [-0.1, -0.05) is 43.7 Å². The van der Waals surface area contributed by atoms with E-state index in [1.54, 1.807) is 0 Å². The summed E-state index contributed by atoms with van der Waals surface area (Å²) in [4.78, 5) is 18.4. The Bertz CT molecular complexity index is 837. The van der Waals surface area contributed by atoms with Gasteiger partial charge >= 0.3 is 7.60 Å². The lowest BCUT2D eigenvalue weighted by molar-refractivity contribution is 0.210. The van der Waals surface area contributed by atoms with Crippen molar-refractivity contribution >= 4 is 19.0 Å². The van der Waals surface area contributed by atoms with Crippen LogP contribution in [0.2, 0.25) is 0 Å². The minimum absolute atomic E-state index is 0.0807. The third-order valence-corrected chi connectivity index (χ3v) is 5.75. The number of ether oxygens (including phenoxy) is 1. The SMILES string of the molecule is CCCc1ccccc1Oc1cccc(CCCC(OS(=O)[O-])P(=O)(O)O)c1. The van der Waals surface area contributed by atoms with Gasteiger partial charge in [-0.25, -0.2) is 4.21 Å². The van der Waals surface area contributed by atoms with Crippen LogP contribution in [-0.4, -0.2) is 24.4 Å². The maximum absolute atomic E-state index is 11.3. The monoisotopic (exact) mass is 427 g/mol. The summed E-state index contributed by atoms with van der Waals surface area (Å²) in [7, 11) is -4.66. The zero-order valence-electron chi connectivity index (χ0n) is 15.5. The molecule has 2 aromatic rings. The molecule has 2 unspecified atom stereocenters. The lowest BCUT2D eigenvalue weighted by Gasteiger charge is -2.19. The zero-order chi connectivity index (χ0) is 20.6. The summed E-state index contributed by atoms with van der Waals surface area (Å²) in [6, 6.07) is 15.3. The van der Waals surface area contributed by atoms with Crippen LogP contribution < -0.4 is 4.74 Å². The summed E-state index contributed by atoms with van der Waals surface area (Å²) in [6.45, 7) is 2.11. The Morgan fingerprint density at radius 2 is 1.89 bits per heavy atom. The van der Waals surface area contributed by atoms with Gasteiger partial charge in [-0.05, 0) is 55.0 Å². The highest BCUT2D eigenvalue weighted by Crippen LogP contribution is 2.44. The van der Waals surface area contributed by atoms with Crippen molar-refractivity contribution in [2.75, 3.05) is 0 Å². The summed E-state index contributed by atoms with van der Waals surface area (Å²) in [5.74, 6) is -0.190. The first-order valence-electron chi connectivity index (χ1n) is 8.96. The maximum atomic E-state index is 11.3. The number of hydrogen-bond donors (Lipinski definition) is 2. The second kappa shape index (κ2) is 10.9. The van der Waals surface area contributed by atoms with E-state index in [2.05, 4.69) is 11.1 Å². The smallest absolute Gasteiger partial charge is 0.355 e. The Hall–Kier alpha value is -1.54. The Morgan fingerprint density at radius 1 is 1.14 bits per heavy atom. The zero-order valence-corrected chi connectivity index (χ0v) is 17.2. The molecule has 0 aliphatic carbocycles. The molecule has 0 radical (unpaired) electrons. The van der Waals surface area contributed by atoms with Crippen molar-refractivity contribution in [3.8, 4) is 11.5 Å². The van der Waals surface area contributed by atoms with E-state index in [9.17, 15) is 23.1 Å². The van der Waals surface area contributed by atoms with Crippen molar-refractivity contribution in [2.24, 2.45) is 0 Å². The molecular formula is C19H24O7PS-. The summed E-state index contributed by atoms with van der Waals surface area (Å²) < 4.78 is 42.9.